The number of hydrogen-bond acceptors (Lipinski definition) is 4. The highest BCUT2D eigenvalue weighted by Gasteiger charge is 2.12. The highest BCUT2D eigenvalue weighted by atomic mass is 16.2. The van der Waals surface area contributed by atoms with E-state index in [9.17, 15) is 14.4 Å². The summed E-state index contributed by atoms with van der Waals surface area (Å²) in [7, 11) is 0. The maximum atomic E-state index is 12.3. The summed E-state index contributed by atoms with van der Waals surface area (Å²) in [5, 5.41) is 9.44. The zero-order valence-corrected chi connectivity index (χ0v) is 15.6. The van der Waals surface area contributed by atoms with Gasteiger partial charge < -0.3 is 10.6 Å². The Kier molecular flexibility index (Phi) is 5.64. The van der Waals surface area contributed by atoms with Crippen LogP contribution in [0.4, 0.5) is 11.4 Å². The molecule has 1 heterocycles. The summed E-state index contributed by atoms with van der Waals surface area (Å²) in [6.07, 6.45) is 0. The number of carbonyl (C=O) groups excluding carboxylic acids is 2. The molecule has 28 heavy (non-hydrogen) atoms. The standard InChI is InChI=1S/C21H20N4O3/c1-14-8-9-17(12-15(14)2)22-19(26)13-25-20(27)11-10-18(24-25)21(28)23-16-6-4-3-5-7-16/h3-12H,13H2,1-2H3,(H,22,26)(H,23,28). The molecule has 0 bridgehead atoms. The van der Waals surface area contributed by atoms with Crippen LogP contribution < -0.4 is 16.2 Å². The quantitative estimate of drug-likeness (QED) is 0.716. The number of nitrogens with one attached hydrogen (secondary N) is 2. The minimum atomic E-state index is -0.466. The van der Waals surface area contributed by atoms with Gasteiger partial charge in [-0.25, -0.2) is 4.68 Å². The molecular formula is C21H20N4O3. The van der Waals surface area contributed by atoms with Crippen LogP contribution >= 0.6 is 0 Å². The van der Waals surface area contributed by atoms with E-state index in [-0.39, 0.29) is 12.2 Å². The van der Waals surface area contributed by atoms with Crippen LogP contribution in [0.3, 0.4) is 0 Å². The molecule has 1 aromatic heterocycles. The lowest BCUT2D eigenvalue weighted by atomic mass is 10.1. The van der Waals surface area contributed by atoms with Crippen molar-refractivity contribution in [1.29, 1.82) is 0 Å². The van der Waals surface area contributed by atoms with E-state index in [1.54, 1.807) is 30.3 Å². The molecule has 0 radical (unpaired) electrons. The number of aromatic nitrogens is 2. The second-order valence-corrected chi connectivity index (χ2v) is 6.38. The molecule has 0 spiro atoms. The van der Waals surface area contributed by atoms with Gasteiger partial charge in [-0.1, -0.05) is 24.3 Å². The SMILES string of the molecule is Cc1ccc(NC(=O)Cn2nc(C(=O)Nc3ccccc3)ccc2=O)cc1C. The maximum absolute atomic E-state index is 12.3. The largest absolute Gasteiger partial charge is 0.324 e. The van der Waals surface area contributed by atoms with Gasteiger partial charge >= 0.3 is 0 Å². The summed E-state index contributed by atoms with van der Waals surface area (Å²) in [5.41, 5.74) is 2.99. The van der Waals surface area contributed by atoms with E-state index in [4.69, 9.17) is 0 Å². The summed E-state index contributed by atoms with van der Waals surface area (Å²) >= 11 is 0. The molecule has 0 unspecified atom stereocenters. The molecule has 3 aromatic rings. The Morgan fingerprint density at radius 2 is 1.64 bits per heavy atom. The molecule has 2 amide bonds. The highest BCUT2D eigenvalue weighted by molar-refractivity contribution is 6.02. The average molecular weight is 376 g/mol. The molecule has 0 saturated heterocycles. The first-order valence-corrected chi connectivity index (χ1v) is 8.74. The minimum Gasteiger partial charge on any atom is -0.324 e. The number of nitrogens with zero attached hydrogens (tertiary/aromatic N) is 2. The van der Waals surface area contributed by atoms with E-state index < -0.39 is 17.4 Å². The van der Waals surface area contributed by atoms with Crippen molar-refractivity contribution in [3.05, 3.63) is 87.8 Å². The van der Waals surface area contributed by atoms with E-state index in [1.165, 1.54) is 12.1 Å². The molecule has 0 atom stereocenters. The van der Waals surface area contributed by atoms with Gasteiger partial charge in [-0.15, -0.1) is 0 Å². The van der Waals surface area contributed by atoms with Crippen molar-refractivity contribution in [1.82, 2.24) is 9.78 Å². The molecule has 7 heteroatoms. The third-order valence-electron chi connectivity index (χ3n) is 4.21. The fourth-order valence-corrected chi connectivity index (χ4v) is 2.56. The average Bonchev–Trinajstić information content (AvgIpc) is 2.67. The van der Waals surface area contributed by atoms with Gasteiger partial charge in [0.2, 0.25) is 5.91 Å². The predicted octanol–water partition coefficient (Wildman–Crippen LogP) is 2.75. The molecule has 0 aliphatic heterocycles. The molecule has 3 rings (SSSR count). The topological polar surface area (TPSA) is 93.1 Å². The van der Waals surface area contributed by atoms with E-state index in [0.717, 1.165) is 15.8 Å². The predicted molar refractivity (Wildman–Crippen MR) is 107 cm³/mol. The highest BCUT2D eigenvalue weighted by Crippen LogP contribution is 2.14. The van der Waals surface area contributed by atoms with Crippen molar-refractivity contribution in [2.75, 3.05) is 10.6 Å². The van der Waals surface area contributed by atoms with Crippen molar-refractivity contribution in [2.24, 2.45) is 0 Å². The van der Waals surface area contributed by atoms with E-state index >= 15 is 0 Å². The third-order valence-corrected chi connectivity index (χ3v) is 4.21. The van der Waals surface area contributed by atoms with Crippen LogP contribution in [0.25, 0.3) is 0 Å². The van der Waals surface area contributed by atoms with Crippen molar-refractivity contribution in [2.45, 2.75) is 20.4 Å². The normalized spacial score (nSPS) is 10.4. The van der Waals surface area contributed by atoms with E-state index in [0.29, 0.717) is 11.4 Å². The Labute approximate surface area is 162 Å². The number of anilines is 2. The van der Waals surface area contributed by atoms with Crippen LogP contribution in [0.15, 0.2) is 65.5 Å². The lowest BCUT2D eigenvalue weighted by Gasteiger charge is -2.10. The van der Waals surface area contributed by atoms with Gasteiger partial charge in [-0.3, -0.25) is 14.4 Å². The fraction of sp³-hybridized carbons (Fsp3) is 0.143. The van der Waals surface area contributed by atoms with Crippen LogP contribution in [-0.2, 0) is 11.3 Å². The first-order valence-electron chi connectivity index (χ1n) is 8.74. The van der Waals surface area contributed by atoms with Gasteiger partial charge in [0.05, 0.1) is 0 Å². The maximum Gasteiger partial charge on any atom is 0.276 e. The summed E-state index contributed by atoms with van der Waals surface area (Å²) in [4.78, 5) is 36.7. The van der Waals surface area contributed by atoms with Gasteiger partial charge in [-0.2, -0.15) is 5.10 Å². The van der Waals surface area contributed by atoms with Crippen molar-refractivity contribution >= 4 is 23.2 Å². The molecule has 0 aliphatic rings. The molecule has 142 valence electrons. The summed E-state index contributed by atoms with van der Waals surface area (Å²) in [6.45, 7) is 3.64. The Balaban J connectivity index is 1.72. The first-order chi connectivity index (χ1) is 13.4. The third kappa shape index (κ3) is 4.70. The van der Waals surface area contributed by atoms with E-state index in [2.05, 4.69) is 15.7 Å². The second kappa shape index (κ2) is 8.30. The van der Waals surface area contributed by atoms with Gasteiger partial charge in [0.25, 0.3) is 11.5 Å². The summed E-state index contributed by atoms with van der Waals surface area (Å²) < 4.78 is 0.969. The Morgan fingerprint density at radius 3 is 2.36 bits per heavy atom. The second-order valence-electron chi connectivity index (χ2n) is 6.38. The van der Waals surface area contributed by atoms with Crippen LogP contribution in [0.2, 0.25) is 0 Å². The molecule has 7 nitrogen and oxygen atoms in total. The number of hydrogen-bond donors (Lipinski definition) is 2. The van der Waals surface area contributed by atoms with Gasteiger partial charge in [0, 0.05) is 17.4 Å². The van der Waals surface area contributed by atoms with Gasteiger partial charge in [-0.05, 0) is 55.3 Å². The van der Waals surface area contributed by atoms with Crippen molar-refractivity contribution in [3.8, 4) is 0 Å². The number of benzene rings is 2. The van der Waals surface area contributed by atoms with E-state index in [1.807, 2.05) is 32.0 Å². The lowest BCUT2D eigenvalue weighted by molar-refractivity contribution is -0.117. The van der Waals surface area contributed by atoms with Crippen LogP contribution in [0, 0.1) is 13.8 Å². The van der Waals surface area contributed by atoms with Crippen molar-refractivity contribution in [3.63, 3.8) is 0 Å². The van der Waals surface area contributed by atoms with Gasteiger partial charge in [0.15, 0.2) is 0 Å². The molecule has 2 N–H and O–H groups in total. The van der Waals surface area contributed by atoms with Crippen LogP contribution in [0.1, 0.15) is 21.6 Å². The number of para-hydroxylation sites is 1. The first kappa shape index (κ1) is 19.0. The zero-order valence-electron chi connectivity index (χ0n) is 15.6. The molecule has 0 aliphatic carbocycles. The summed E-state index contributed by atoms with van der Waals surface area (Å²) in [6, 6.07) is 17.0. The molecule has 2 aromatic carbocycles. The minimum absolute atomic E-state index is 0.0439. The van der Waals surface area contributed by atoms with Gasteiger partial charge in [0.1, 0.15) is 12.2 Å². The number of carbonyl (C=O) groups is 2. The smallest absolute Gasteiger partial charge is 0.276 e. The molecule has 0 fully saturated rings. The Bertz CT molecular complexity index is 1070. The molecular weight excluding hydrogens is 356 g/mol. The number of aryl methyl sites for hydroxylation is 2. The molecule has 0 saturated carbocycles. The van der Waals surface area contributed by atoms with Crippen LogP contribution in [0.5, 0.6) is 0 Å². The summed E-state index contributed by atoms with van der Waals surface area (Å²) in [5.74, 6) is -0.868. The van der Waals surface area contributed by atoms with Crippen LogP contribution in [-0.4, -0.2) is 21.6 Å². The lowest BCUT2D eigenvalue weighted by Crippen LogP contribution is -2.31. The monoisotopic (exact) mass is 376 g/mol. The Morgan fingerprint density at radius 1 is 0.893 bits per heavy atom. The number of rotatable bonds is 5. The zero-order chi connectivity index (χ0) is 20.1. The number of amides is 2. The fourth-order valence-electron chi connectivity index (χ4n) is 2.56. The van der Waals surface area contributed by atoms with Crippen molar-refractivity contribution < 1.29 is 9.59 Å². The Hall–Kier alpha value is -3.74.